The summed E-state index contributed by atoms with van der Waals surface area (Å²) in [5.74, 6) is -0.742. The molecule has 0 spiro atoms. The first-order chi connectivity index (χ1) is 13.6. The standard InChI is InChI=1S/C24H25NO3/c26-23(13-16-7-1-2-8-16)25-22(24(27)28)15-21-19-11-5-3-9-17(19)14-18-10-4-6-12-20(18)21/h3-6,9-12,14,16,22H,1-2,7-8,13,15H2,(H,25,26)(H,27,28)/t22-/m0/s1. The van der Waals surface area contributed by atoms with Crippen LogP contribution in [0.1, 0.15) is 37.7 Å². The maximum Gasteiger partial charge on any atom is 0.326 e. The summed E-state index contributed by atoms with van der Waals surface area (Å²) in [6.07, 6.45) is 5.18. The fourth-order valence-electron chi connectivity index (χ4n) is 4.46. The monoisotopic (exact) mass is 375 g/mol. The third-order valence-corrected chi connectivity index (χ3v) is 5.87. The van der Waals surface area contributed by atoms with Crippen molar-refractivity contribution in [3.05, 3.63) is 60.2 Å². The highest BCUT2D eigenvalue weighted by molar-refractivity contribution is 6.02. The number of benzene rings is 3. The molecule has 0 radical (unpaired) electrons. The van der Waals surface area contributed by atoms with E-state index in [0.29, 0.717) is 12.3 Å². The Balaban J connectivity index is 1.65. The zero-order valence-electron chi connectivity index (χ0n) is 15.9. The Kier molecular flexibility index (Phi) is 5.29. The van der Waals surface area contributed by atoms with Gasteiger partial charge in [0, 0.05) is 12.8 Å². The van der Waals surface area contributed by atoms with Gasteiger partial charge in [-0.05, 0) is 51.9 Å². The van der Waals surface area contributed by atoms with E-state index in [1.54, 1.807) is 0 Å². The van der Waals surface area contributed by atoms with Crippen LogP contribution >= 0.6 is 0 Å². The van der Waals surface area contributed by atoms with Crippen LogP contribution in [0.4, 0.5) is 0 Å². The van der Waals surface area contributed by atoms with E-state index in [4.69, 9.17) is 0 Å². The number of carboxylic acid groups (broad SMARTS) is 1. The highest BCUT2D eigenvalue weighted by Crippen LogP contribution is 2.30. The molecule has 1 fully saturated rings. The molecule has 144 valence electrons. The maximum atomic E-state index is 12.5. The van der Waals surface area contributed by atoms with E-state index in [1.165, 1.54) is 12.8 Å². The lowest BCUT2D eigenvalue weighted by atomic mass is 9.92. The lowest BCUT2D eigenvalue weighted by Gasteiger charge is -2.19. The van der Waals surface area contributed by atoms with Gasteiger partial charge in [0.15, 0.2) is 0 Å². The quantitative estimate of drug-likeness (QED) is 0.615. The lowest BCUT2D eigenvalue weighted by Crippen LogP contribution is -2.42. The van der Waals surface area contributed by atoms with Crippen molar-refractivity contribution in [2.24, 2.45) is 5.92 Å². The molecule has 4 rings (SSSR count). The summed E-state index contributed by atoms with van der Waals surface area (Å²) in [7, 11) is 0. The largest absolute Gasteiger partial charge is 0.480 e. The van der Waals surface area contributed by atoms with Crippen LogP contribution in [-0.2, 0) is 16.0 Å². The second kappa shape index (κ2) is 8.01. The first kappa shape index (κ1) is 18.5. The zero-order valence-corrected chi connectivity index (χ0v) is 15.9. The first-order valence-electron chi connectivity index (χ1n) is 10.0. The Morgan fingerprint density at radius 2 is 1.54 bits per heavy atom. The summed E-state index contributed by atoms with van der Waals surface area (Å²) >= 11 is 0. The van der Waals surface area contributed by atoms with Crippen molar-refractivity contribution in [2.45, 2.75) is 44.6 Å². The van der Waals surface area contributed by atoms with Gasteiger partial charge >= 0.3 is 5.97 Å². The van der Waals surface area contributed by atoms with E-state index in [1.807, 2.05) is 48.5 Å². The molecule has 1 atom stereocenters. The normalized spacial score (nSPS) is 15.7. The summed E-state index contributed by atoms with van der Waals surface area (Å²) in [4.78, 5) is 24.4. The fourth-order valence-corrected chi connectivity index (χ4v) is 4.46. The topological polar surface area (TPSA) is 66.4 Å². The Morgan fingerprint density at radius 3 is 2.11 bits per heavy atom. The highest BCUT2D eigenvalue weighted by atomic mass is 16.4. The number of amides is 1. The lowest BCUT2D eigenvalue weighted by molar-refractivity contribution is -0.141. The predicted molar refractivity (Wildman–Crippen MR) is 111 cm³/mol. The fraction of sp³-hybridized carbons (Fsp3) is 0.333. The smallest absolute Gasteiger partial charge is 0.326 e. The molecule has 2 N–H and O–H groups in total. The molecule has 4 nitrogen and oxygen atoms in total. The van der Waals surface area contributed by atoms with E-state index in [0.717, 1.165) is 39.9 Å². The van der Waals surface area contributed by atoms with Crippen LogP contribution in [0, 0.1) is 5.92 Å². The number of hydrogen-bond donors (Lipinski definition) is 2. The molecule has 0 saturated heterocycles. The SMILES string of the molecule is O=C(CC1CCCC1)N[C@@H](Cc1c2ccccc2cc2ccccc12)C(=O)O. The van der Waals surface area contributed by atoms with Gasteiger partial charge < -0.3 is 10.4 Å². The molecule has 0 unspecified atom stereocenters. The summed E-state index contributed by atoms with van der Waals surface area (Å²) in [6, 6.07) is 17.2. The second-order valence-electron chi connectivity index (χ2n) is 7.81. The number of fused-ring (bicyclic) bond motifs is 2. The van der Waals surface area contributed by atoms with Crippen molar-refractivity contribution < 1.29 is 14.7 Å². The second-order valence-corrected chi connectivity index (χ2v) is 7.81. The first-order valence-corrected chi connectivity index (χ1v) is 10.0. The predicted octanol–water partition coefficient (Wildman–Crippen LogP) is 4.69. The number of carbonyl (C=O) groups is 2. The molecule has 0 aromatic heterocycles. The van der Waals surface area contributed by atoms with E-state index in [9.17, 15) is 14.7 Å². The van der Waals surface area contributed by atoms with Crippen molar-refractivity contribution in [1.29, 1.82) is 0 Å². The van der Waals surface area contributed by atoms with Gasteiger partial charge in [0.2, 0.25) is 5.91 Å². The molecule has 4 heteroatoms. The number of carbonyl (C=O) groups excluding carboxylic acids is 1. The number of hydrogen-bond acceptors (Lipinski definition) is 2. The van der Waals surface area contributed by atoms with E-state index in [2.05, 4.69) is 11.4 Å². The number of rotatable bonds is 6. The van der Waals surface area contributed by atoms with Crippen molar-refractivity contribution >= 4 is 33.4 Å². The van der Waals surface area contributed by atoms with Crippen molar-refractivity contribution in [1.82, 2.24) is 5.32 Å². The molecular formula is C24H25NO3. The average molecular weight is 375 g/mol. The molecule has 0 aliphatic heterocycles. The summed E-state index contributed by atoms with van der Waals surface area (Å²) in [5, 5.41) is 16.8. The van der Waals surface area contributed by atoms with Gasteiger partial charge in [-0.3, -0.25) is 4.79 Å². The minimum Gasteiger partial charge on any atom is -0.480 e. The zero-order chi connectivity index (χ0) is 19.5. The van der Waals surface area contributed by atoms with Gasteiger partial charge in [0.25, 0.3) is 0 Å². The molecule has 3 aromatic carbocycles. The minimum absolute atomic E-state index is 0.149. The highest BCUT2D eigenvalue weighted by Gasteiger charge is 2.25. The van der Waals surface area contributed by atoms with E-state index >= 15 is 0 Å². The molecule has 3 aromatic rings. The third kappa shape index (κ3) is 3.86. The van der Waals surface area contributed by atoms with Gasteiger partial charge in [-0.15, -0.1) is 0 Å². The summed E-state index contributed by atoms with van der Waals surface area (Å²) in [6.45, 7) is 0. The van der Waals surface area contributed by atoms with Gasteiger partial charge in [-0.2, -0.15) is 0 Å². The van der Waals surface area contributed by atoms with Crippen LogP contribution in [0.2, 0.25) is 0 Å². The molecule has 28 heavy (non-hydrogen) atoms. The van der Waals surface area contributed by atoms with Crippen LogP contribution in [0.5, 0.6) is 0 Å². The van der Waals surface area contributed by atoms with Gasteiger partial charge in [-0.25, -0.2) is 4.79 Å². The Labute approximate surface area is 164 Å². The van der Waals surface area contributed by atoms with E-state index in [-0.39, 0.29) is 12.3 Å². The number of aliphatic carboxylic acids is 1. The van der Waals surface area contributed by atoms with Crippen molar-refractivity contribution in [3.8, 4) is 0 Å². The van der Waals surface area contributed by atoms with Gasteiger partial charge in [-0.1, -0.05) is 61.4 Å². The Bertz CT molecular complexity index is 967. The maximum absolute atomic E-state index is 12.5. The Hall–Kier alpha value is -2.88. The number of nitrogens with one attached hydrogen (secondary N) is 1. The molecule has 1 aliphatic carbocycles. The third-order valence-electron chi connectivity index (χ3n) is 5.87. The molecule has 1 aliphatic rings. The molecule has 1 saturated carbocycles. The van der Waals surface area contributed by atoms with Crippen molar-refractivity contribution in [3.63, 3.8) is 0 Å². The molecule has 1 amide bonds. The Morgan fingerprint density at radius 1 is 0.964 bits per heavy atom. The van der Waals surface area contributed by atoms with Gasteiger partial charge in [0.05, 0.1) is 0 Å². The van der Waals surface area contributed by atoms with Crippen LogP contribution in [0.15, 0.2) is 54.6 Å². The summed E-state index contributed by atoms with van der Waals surface area (Å²) in [5.41, 5.74) is 0.974. The molecular weight excluding hydrogens is 350 g/mol. The number of carboxylic acids is 1. The van der Waals surface area contributed by atoms with Crippen LogP contribution < -0.4 is 5.32 Å². The average Bonchev–Trinajstić information content (AvgIpc) is 3.19. The minimum atomic E-state index is -0.989. The van der Waals surface area contributed by atoms with E-state index < -0.39 is 12.0 Å². The summed E-state index contributed by atoms with van der Waals surface area (Å²) < 4.78 is 0. The van der Waals surface area contributed by atoms with Crippen LogP contribution in [-0.4, -0.2) is 23.0 Å². The molecule has 0 bridgehead atoms. The van der Waals surface area contributed by atoms with Crippen LogP contribution in [0.25, 0.3) is 21.5 Å². The molecule has 0 heterocycles. The van der Waals surface area contributed by atoms with Crippen LogP contribution in [0.3, 0.4) is 0 Å². The van der Waals surface area contributed by atoms with Gasteiger partial charge in [0.1, 0.15) is 6.04 Å². The van der Waals surface area contributed by atoms with Crippen molar-refractivity contribution in [2.75, 3.05) is 0 Å².